The van der Waals surface area contributed by atoms with E-state index in [1.807, 2.05) is 98.4 Å². The van der Waals surface area contributed by atoms with E-state index in [1.54, 1.807) is 0 Å². The van der Waals surface area contributed by atoms with E-state index in [0.29, 0.717) is 28.4 Å². The van der Waals surface area contributed by atoms with Crippen LogP contribution in [0.3, 0.4) is 0 Å². The van der Waals surface area contributed by atoms with Gasteiger partial charge in [0, 0.05) is 36.3 Å². The van der Waals surface area contributed by atoms with Gasteiger partial charge >= 0.3 is 0 Å². The van der Waals surface area contributed by atoms with E-state index >= 15 is 0 Å². The molecule has 6 rings (SSSR count). The number of pyridine rings is 1. The summed E-state index contributed by atoms with van der Waals surface area (Å²) in [6.45, 7) is 5.82. The maximum atomic E-state index is 13.5. The van der Waals surface area contributed by atoms with E-state index in [-0.39, 0.29) is 23.2 Å². The summed E-state index contributed by atoms with van der Waals surface area (Å²) in [5.41, 5.74) is 6.94. The van der Waals surface area contributed by atoms with Crippen molar-refractivity contribution in [3.63, 3.8) is 0 Å². The van der Waals surface area contributed by atoms with Gasteiger partial charge in [-0.05, 0) is 60.7 Å². The molecule has 204 valence electrons. The maximum absolute atomic E-state index is 13.5. The molecule has 0 amide bonds. The van der Waals surface area contributed by atoms with Crippen molar-refractivity contribution in [3.8, 4) is 22.8 Å². The molecular formula is C34H30N4O3. The van der Waals surface area contributed by atoms with Gasteiger partial charge in [-0.25, -0.2) is 9.97 Å². The number of carbonyl (C=O) groups is 1. The van der Waals surface area contributed by atoms with Gasteiger partial charge in [0.25, 0.3) is 0 Å². The van der Waals surface area contributed by atoms with Gasteiger partial charge in [0.2, 0.25) is 5.88 Å². The van der Waals surface area contributed by atoms with Crippen molar-refractivity contribution in [1.29, 1.82) is 0 Å². The molecule has 6 aromatic rings. The van der Waals surface area contributed by atoms with E-state index in [1.165, 1.54) is 6.33 Å². The highest BCUT2D eigenvalue weighted by Crippen LogP contribution is 2.36. The van der Waals surface area contributed by atoms with E-state index < -0.39 is 0 Å². The molecular weight excluding hydrogens is 512 g/mol. The molecule has 3 aromatic heterocycles. The lowest BCUT2D eigenvalue weighted by atomic mass is 9.97. The number of aryl methyl sites for hydroxylation is 3. The van der Waals surface area contributed by atoms with Gasteiger partial charge in [0.1, 0.15) is 17.7 Å². The van der Waals surface area contributed by atoms with Crippen LogP contribution in [0.2, 0.25) is 0 Å². The molecule has 0 bridgehead atoms. The molecule has 0 saturated heterocycles. The number of benzene rings is 3. The number of H-pyrrole nitrogens is 1. The lowest BCUT2D eigenvalue weighted by Crippen LogP contribution is -2.23. The Morgan fingerprint density at radius 3 is 2.51 bits per heavy atom. The van der Waals surface area contributed by atoms with Gasteiger partial charge in [0.05, 0.1) is 16.5 Å². The zero-order valence-electron chi connectivity index (χ0n) is 23.5. The summed E-state index contributed by atoms with van der Waals surface area (Å²) in [6.07, 6.45) is 4.32. The van der Waals surface area contributed by atoms with Crippen molar-refractivity contribution in [1.82, 2.24) is 19.5 Å². The third kappa shape index (κ3) is 4.69. The topological polar surface area (TPSA) is 89.9 Å². The number of aromatic nitrogens is 4. The molecule has 0 aliphatic carbocycles. The Labute approximate surface area is 237 Å². The number of ketones is 1. The first-order chi connectivity index (χ1) is 19.9. The molecule has 3 heterocycles. The zero-order chi connectivity index (χ0) is 28.7. The molecule has 0 fully saturated rings. The zero-order valence-corrected chi connectivity index (χ0v) is 23.5. The summed E-state index contributed by atoms with van der Waals surface area (Å²) >= 11 is 0. The fraction of sp³-hybridized carbons (Fsp3) is 0.176. The lowest BCUT2D eigenvalue weighted by molar-refractivity contribution is 0.0990. The first kappa shape index (κ1) is 26.2. The van der Waals surface area contributed by atoms with Crippen molar-refractivity contribution in [2.45, 2.75) is 33.6 Å². The molecule has 1 N–H and O–H groups in total. The summed E-state index contributed by atoms with van der Waals surface area (Å²) in [6, 6.07) is 21.5. The minimum absolute atomic E-state index is 0.115. The van der Waals surface area contributed by atoms with Crippen LogP contribution in [-0.2, 0) is 19.9 Å². The molecule has 3 aromatic carbocycles. The molecule has 0 aliphatic rings. The highest BCUT2D eigenvalue weighted by Gasteiger charge is 2.20. The Bertz CT molecular complexity index is 2010. The van der Waals surface area contributed by atoms with Crippen LogP contribution < -0.4 is 10.2 Å². The molecule has 0 atom stereocenters. The van der Waals surface area contributed by atoms with E-state index in [2.05, 4.69) is 21.9 Å². The highest BCUT2D eigenvalue weighted by atomic mass is 16.5. The van der Waals surface area contributed by atoms with E-state index in [9.17, 15) is 9.59 Å². The summed E-state index contributed by atoms with van der Waals surface area (Å²) < 4.78 is 8.23. The third-order valence-corrected chi connectivity index (χ3v) is 7.78. The number of fused-ring (bicyclic) bond motifs is 2. The number of nitrogens with one attached hydrogen (secondary N) is 1. The van der Waals surface area contributed by atoms with Gasteiger partial charge in [0.15, 0.2) is 11.2 Å². The largest absolute Gasteiger partial charge is 0.438 e. The Balaban J connectivity index is 1.30. The molecule has 0 radical (unpaired) electrons. The van der Waals surface area contributed by atoms with Crippen molar-refractivity contribution in [3.05, 3.63) is 117 Å². The van der Waals surface area contributed by atoms with Crippen molar-refractivity contribution in [2.75, 3.05) is 0 Å². The Morgan fingerprint density at radius 2 is 1.76 bits per heavy atom. The molecule has 7 heteroatoms. The van der Waals surface area contributed by atoms with Crippen molar-refractivity contribution in [2.24, 2.45) is 7.05 Å². The number of hydrogen-bond donors (Lipinski definition) is 1. The fourth-order valence-corrected chi connectivity index (χ4v) is 5.42. The number of Topliss-reactive ketones (excluding diaryl/α,β-unsaturated/α-hetero) is 1. The van der Waals surface area contributed by atoms with Crippen LogP contribution in [0.25, 0.3) is 33.1 Å². The molecule has 0 saturated carbocycles. The predicted octanol–water partition coefficient (Wildman–Crippen LogP) is 6.87. The quantitative estimate of drug-likeness (QED) is 0.222. The van der Waals surface area contributed by atoms with Crippen molar-refractivity contribution >= 4 is 27.7 Å². The second-order valence-corrected chi connectivity index (χ2v) is 10.3. The Hall–Kier alpha value is -5.04. The average molecular weight is 543 g/mol. The Kier molecular flexibility index (Phi) is 6.71. The average Bonchev–Trinajstić information content (AvgIpc) is 3.43. The number of carbonyl (C=O) groups excluding carboxylic acids is 1. The number of ether oxygens (including phenoxy) is 1. The summed E-state index contributed by atoms with van der Waals surface area (Å²) in [7, 11) is 1.90. The highest BCUT2D eigenvalue weighted by molar-refractivity contribution is 6.01. The standard InChI is InChI=1S/C34H30N4O3/c1-5-22-11-13-27-25(16-22)32(40)30(21(3)38(27)4)28(39)17-23-12-14-29(20(2)15-23)41-34-31-26(24-9-7-6-8-10-24)18-35-33(31)36-19-37-34/h6-16,18-19H,5,17H2,1-4H3,(H,35,36,37). The molecule has 7 nitrogen and oxygen atoms in total. The number of nitrogens with zero attached hydrogens (tertiary/aromatic N) is 3. The predicted molar refractivity (Wildman–Crippen MR) is 162 cm³/mol. The van der Waals surface area contributed by atoms with Crippen LogP contribution in [0.5, 0.6) is 11.6 Å². The van der Waals surface area contributed by atoms with Gasteiger partial charge in [-0.3, -0.25) is 9.59 Å². The van der Waals surface area contributed by atoms with Crippen LogP contribution in [0.1, 0.15) is 39.7 Å². The van der Waals surface area contributed by atoms with Gasteiger partial charge in [-0.1, -0.05) is 55.5 Å². The second kappa shape index (κ2) is 10.5. The monoisotopic (exact) mass is 542 g/mol. The smallest absolute Gasteiger partial charge is 0.232 e. The summed E-state index contributed by atoms with van der Waals surface area (Å²) in [5, 5.41) is 1.38. The maximum Gasteiger partial charge on any atom is 0.232 e. The number of rotatable bonds is 7. The first-order valence-corrected chi connectivity index (χ1v) is 13.7. The van der Waals surface area contributed by atoms with Gasteiger partial charge in [-0.2, -0.15) is 0 Å². The molecule has 0 aliphatic heterocycles. The SMILES string of the molecule is CCc1ccc2c(c1)c(=O)c(C(=O)Cc1ccc(Oc3ncnc4[nH]cc(-c5ccccc5)c34)c(C)c1)c(C)n2C. The van der Waals surface area contributed by atoms with E-state index in [0.717, 1.165) is 45.1 Å². The van der Waals surface area contributed by atoms with Crippen LogP contribution in [0.15, 0.2) is 84.0 Å². The van der Waals surface area contributed by atoms with Gasteiger partial charge in [-0.15, -0.1) is 0 Å². The second-order valence-electron chi connectivity index (χ2n) is 10.3. The fourth-order valence-electron chi connectivity index (χ4n) is 5.42. The minimum atomic E-state index is -0.207. The van der Waals surface area contributed by atoms with Crippen LogP contribution in [-0.4, -0.2) is 25.3 Å². The molecule has 0 unspecified atom stereocenters. The van der Waals surface area contributed by atoms with E-state index in [4.69, 9.17) is 4.74 Å². The number of aromatic amines is 1. The van der Waals surface area contributed by atoms with Crippen LogP contribution in [0, 0.1) is 13.8 Å². The minimum Gasteiger partial charge on any atom is -0.438 e. The van der Waals surface area contributed by atoms with Crippen LogP contribution >= 0.6 is 0 Å². The summed E-state index contributed by atoms with van der Waals surface area (Å²) in [4.78, 5) is 39.0. The van der Waals surface area contributed by atoms with Crippen LogP contribution in [0.4, 0.5) is 0 Å². The Morgan fingerprint density at radius 1 is 0.976 bits per heavy atom. The summed E-state index contributed by atoms with van der Waals surface area (Å²) in [5.74, 6) is 0.882. The molecule has 41 heavy (non-hydrogen) atoms. The third-order valence-electron chi connectivity index (χ3n) is 7.78. The van der Waals surface area contributed by atoms with Crippen molar-refractivity contribution < 1.29 is 9.53 Å². The van der Waals surface area contributed by atoms with Gasteiger partial charge < -0.3 is 14.3 Å². The number of hydrogen-bond acceptors (Lipinski definition) is 5. The normalized spacial score (nSPS) is 11.3. The molecule has 0 spiro atoms. The lowest BCUT2D eigenvalue weighted by Gasteiger charge is -2.15. The first-order valence-electron chi connectivity index (χ1n) is 13.7.